The van der Waals surface area contributed by atoms with Gasteiger partial charge in [0.25, 0.3) is 11.8 Å². The molecule has 1 saturated heterocycles. The highest BCUT2D eigenvalue weighted by Crippen LogP contribution is 2.28. The lowest BCUT2D eigenvalue weighted by Crippen LogP contribution is -2.41. The molecule has 1 fully saturated rings. The van der Waals surface area contributed by atoms with Crippen LogP contribution in [0.15, 0.2) is 54.1 Å². The summed E-state index contributed by atoms with van der Waals surface area (Å²) in [5.74, 6) is -0.168. The summed E-state index contributed by atoms with van der Waals surface area (Å²) < 4.78 is 1.98. The van der Waals surface area contributed by atoms with E-state index >= 15 is 0 Å². The Kier molecular flexibility index (Phi) is 10.4. The minimum absolute atomic E-state index is 0.123. The Bertz CT molecular complexity index is 1610. The molecule has 45 heavy (non-hydrogen) atoms. The van der Waals surface area contributed by atoms with E-state index in [0.717, 1.165) is 29.4 Å². The van der Waals surface area contributed by atoms with Crippen molar-refractivity contribution in [1.82, 2.24) is 24.7 Å². The predicted octanol–water partition coefficient (Wildman–Crippen LogP) is 6.25. The summed E-state index contributed by atoms with van der Waals surface area (Å²) in [5.41, 5.74) is 2.95. The molecule has 0 aliphatic carbocycles. The minimum Gasteiger partial charge on any atom is -0.333 e. The lowest BCUT2D eigenvalue weighted by atomic mass is 9.88. The van der Waals surface area contributed by atoms with Crippen LogP contribution in [0.5, 0.6) is 0 Å². The van der Waals surface area contributed by atoms with E-state index in [4.69, 9.17) is 16.6 Å². The molecule has 0 spiro atoms. The summed E-state index contributed by atoms with van der Waals surface area (Å²) in [7, 11) is 3.84. The highest BCUT2D eigenvalue weighted by atomic mass is 35.5. The summed E-state index contributed by atoms with van der Waals surface area (Å²) >= 11 is 6.05. The molecule has 2 N–H and O–H groups in total. The monoisotopic (exact) mass is 631 g/mol. The standard InChI is InChI=1S/C35H46ClN7O2/c1-23(34(2,3)4)38-21-24-11-16-30-29(18-24)39-33(40-31(44)25-12-14-27(36)15-13-25)43(30)22-28-10-9-17-42(28)32(45)26(20-37)19-35(5,6)41(7)8/h11-16,18-19,23,28,38H,9-10,17,21-22H2,1-8H3,(H,39,40,44)/t23-,28?/m0/s1. The number of imidazole rings is 1. The first-order valence-corrected chi connectivity index (χ1v) is 15.9. The number of likely N-dealkylation sites (tertiary alicyclic amines) is 1. The highest BCUT2D eigenvalue weighted by molar-refractivity contribution is 6.30. The maximum Gasteiger partial charge on any atom is 0.264 e. The molecule has 2 aromatic carbocycles. The molecule has 10 heteroatoms. The van der Waals surface area contributed by atoms with Crippen molar-refractivity contribution >= 4 is 40.4 Å². The van der Waals surface area contributed by atoms with Gasteiger partial charge in [-0.05, 0) is 101 Å². The van der Waals surface area contributed by atoms with Crippen LogP contribution in [0.2, 0.25) is 5.02 Å². The van der Waals surface area contributed by atoms with Crippen LogP contribution in [-0.4, -0.2) is 69.4 Å². The molecule has 2 heterocycles. The number of benzene rings is 2. The fraction of sp³-hybridized carbons (Fsp3) is 0.486. The van der Waals surface area contributed by atoms with E-state index in [9.17, 15) is 14.9 Å². The summed E-state index contributed by atoms with van der Waals surface area (Å²) in [6, 6.07) is 15.1. The second-order valence-electron chi connectivity index (χ2n) is 13.8. The van der Waals surface area contributed by atoms with E-state index < -0.39 is 5.54 Å². The van der Waals surface area contributed by atoms with Crippen LogP contribution in [-0.2, 0) is 17.9 Å². The topological polar surface area (TPSA) is 106 Å². The maximum atomic E-state index is 13.7. The van der Waals surface area contributed by atoms with Gasteiger partial charge in [0.15, 0.2) is 0 Å². The number of nitriles is 1. The zero-order chi connectivity index (χ0) is 33.1. The van der Waals surface area contributed by atoms with Gasteiger partial charge in [0.05, 0.1) is 17.1 Å². The smallest absolute Gasteiger partial charge is 0.264 e. The van der Waals surface area contributed by atoms with Gasteiger partial charge in [-0.25, -0.2) is 4.98 Å². The van der Waals surface area contributed by atoms with Crippen molar-refractivity contribution in [3.05, 3.63) is 70.3 Å². The Labute approximate surface area is 272 Å². The Morgan fingerprint density at radius 2 is 1.84 bits per heavy atom. The van der Waals surface area contributed by atoms with Crippen molar-refractivity contribution in [2.24, 2.45) is 5.41 Å². The predicted molar refractivity (Wildman–Crippen MR) is 181 cm³/mol. The number of amides is 2. The van der Waals surface area contributed by atoms with Gasteiger partial charge in [-0.2, -0.15) is 5.26 Å². The molecular weight excluding hydrogens is 586 g/mol. The number of rotatable bonds is 10. The van der Waals surface area contributed by atoms with E-state index in [1.165, 1.54) is 0 Å². The molecule has 1 aliphatic rings. The molecule has 0 radical (unpaired) electrons. The Morgan fingerprint density at radius 1 is 1.16 bits per heavy atom. The van der Waals surface area contributed by atoms with Gasteiger partial charge >= 0.3 is 0 Å². The summed E-state index contributed by atoms with van der Waals surface area (Å²) in [5, 5.41) is 17.1. The van der Waals surface area contributed by atoms with Gasteiger partial charge in [0, 0.05) is 41.8 Å². The van der Waals surface area contributed by atoms with Gasteiger partial charge in [0.2, 0.25) is 5.95 Å². The largest absolute Gasteiger partial charge is 0.333 e. The number of hydrogen-bond donors (Lipinski definition) is 2. The number of nitrogens with one attached hydrogen (secondary N) is 2. The average molecular weight is 632 g/mol. The van der Waals surface area contributed by atoms with Crippen LogP contribution in [0.3, 0.4) is 0 Å². The zero-order valence-electron chi connectivity index (χ0n) is 27.7. The highest BCUT2D eigenvalue weighted by Gasteiger charge is 2.33. The van der Waals surface area contributed by atoms with Crippen molar-refractivity contribution in [3.63, 3.8) is 0 Å². The van der Waals surface area contributed by atoms with Crippen molar-refractivity contribution < 1.29 is 9.59 Å². The summed E-state index contributed by atoms with van der Waals surface area (Å²) in [4.78, 5) is 35.6. The fourth-order valence-electron chi connectivity index (χ4n) is 5.20. The third-order valence-corrected chi connectivity index (χ3v) is 9.34. The molecule has 0 bridgehead atoms. The van der Waals surface area contributed by atoms with Gasteiger partial charge in [-0.1, -0.05) is 38.4 Å². The van der Waals surface area contributed by atoms with Gasteiger partial charge in [-0.15, -0.1) is 0 Å². The maximum absolute atomic E-state index is 13.7. The number of nitrogens with zero attached hydrogens (tertiary/aromatic N) is 5. The number of anilines is 1. The second kappa shape index (κ2) is 13.7. The van der Waals surface area contributed by atoms with E-state index in [-0.39, 0.29) is 28.8 Å². The molecule has 240 valence electrons. The molecule has 2 atom stereocenters. The molecule has 0 saturated carbocycles. The molecule has 9 nitrogen and oxygen atoms in total. The summed E-state index contributed by atoms with van der Waals surface area (Å²) in [6.07, 6.45) is 3.34. The van der Waals surface area contributed by atoms with E-state index in [1.54, 1.807) is 35.2 Å². The minimum atomic E-state index is -0.465. The Hall–Kier alpha value is -3.71. The number of carbonyl (C=O) groups excluding carboxylic acids is 2. The molecule has 1 aromatic heterocycles. The number of likely N-dealkylation sites (N-methyl/N-ethyl adjacent to an activating group) is 1. The van der Waals surface area contributed by atoms with Gasteiger partial charge in [0.1, 0.15) is 11.6 Å². The molecule has 4 rings (SSSR count). The van der Waals surface area contributed by atoms with E-state index in [1.807, 2.05) is 49.5 Å². The first-order chi connectivity index (χ1) is 21.1. The van der Waals surface area contributed by atoms with Crippen LogP contribution < -0.4 is 10.6 Å². The van der Waals surface area contributed by atoms with E-state index in [2.05, 4.69) is 50.5 Å². The van der Waals surface area contributed by atoms with E-state index in [0.29, 0.717) is 42.2 Å². The molecular formula is C35H46ClN7O2. The van der Waals surface area contributed by atoms with Crippen LogP contribution in [0.25, 0.3) is 11.0 Å². The Balaban J connectivity index is 1.67. The lowest BCUT2D eigenvalue weighted by molar-refractivity contribution is -0.127. The van der Waals surface area contributed by atoms with Crippen LogP contribution in [0, 0.1) is 16.7 Å². The molecule has 2 amide bonds. The number of fused-ring (bicyclic) bond motifs is 1. The third-order valence-electron chi connectivity index (χ3n) is 9.09. The average Bonchev–Trinajstić information content (AvgIpc) is 3.58. The molecule has 1 aliphatic heterocycles. The third kappa shape index (κ3) is 8.12. The lowest BCUT2D eigenvalue weighted by Gasteiger charge is -2.30. The number of halogens is 1. The number of carbonyl (C=O) groups is 2. The van der Waals surface area contributed by atoms with Crippen molar-refractivity contribution in [2.75, 3.05) is 26.0 Å². The SMILES string of the molecule is C[C@H](NCc1ccc2c(c1)nc(NC(=O)c1ccc(Cl)cc1)n2CC1CCCN1C(=O)C(C#N)=CC(C)(C)N(C)C)C(C)(C)C. The van der Waals surface area contributed by atoms with Crippen LogP contribution in [0.1, 0.15) is 70.3 Å². The van der Waals surface area contributed by atoms with Gasteiger partial charge in [-0.3, -0.25) is 14.9 Å². The quantitative estimate of drug-likeness (QED) is 0.202. The normalized spacial score (nSPS) is 16.7. The Morgan fingerprint density at radius 3 is 2.47 bits per heavy atom. The zero-order valence-corrected chi connectivity index (χ0v) is 28.5. The molecule has 3 aromatic rings. The summed E-state index contributed by atoms with van der Waals surface area (Å²) in [6.45, 7) is 14.4. The van der Waals surface area contributed by atoms with Gasteiger partial charge < -0.3 is 19.7 Å². The van der Waals surface area contributed by atoms with Crippen molar-refractivity contribution in [2.45, 2.75) is 85.1 Å². The first-order valence-electron chi connectivity index (χ1n) is 15.5. The van der Waals surface area contributed by atoms with Crippen LogP contribution >= 0.6 is 11.6 Å². The second-order valence-corrected chi connectivity index (χ2v) is 14.2. The van der Waals surface area contributed by atoms with Crippen LogP contribution in [0.4, 0.5) is 5.95 Å². The fourth-order valence-corrected chi connectivity index (χ4v) is 5.33. The number of hydrogen-bond acceptors (Lipinski definition) is 6. The molecule has 1 unspecified atom stereocenters. The van der Waals surface area contributed by atoms with Crippen molar-refractivity contribution in [1.29, 1.82) is 5.26 Å². The number of aromatic nitrogens is 2. The first kappa shape index (κ1) is 34.2. The van der Waals surface area contributed by atoms with Crippen molar-refractivity contribution in [3.8, 4) is 6.07 Å².